The fourth-order valence-corrected chi connectivity index (χ4v) is 5.55. The molecule has 178 valence electrons. The first-order chi connectivity index (χ1) is 15.5. The average Bonchev–Trinajstić information content (AvgIpc) is 2.74. The van der Waals surface area contributed by atoms with Gasteiger partial charge in [0.2, 0.25) is 10.0 Å². The van der Waals surface area contributed by atoms with Crippen LogP contribution in [0.4, 0.5) is 5.69 Å². The van der Waals surface area contributed by atoms with E-state index in [1.807, 2.05) is 19.1 Å². The van der Waals surface area contributed by atoms with Gasteiger partial charge in [0.05, 0.1) is 22.8 Å². The Labute approximate surface area is 198 Å². The summed E-state index contributed by atoms with van der Waals surface area (Å²) in [6, 6.07) is 11.0. The molecule has 8 nitrogen and oxygen atoms in total. The second-order valence-corrected chi connectivity index (χ2v) is 10.4. The Morgan fingerprint density at radius 2 is 1.73 bits per heavy atom. The molecule has 0 aliphatic carbocycles. The van der Waals surface area contributed by atoms with Gasteiger partial charge >= 0.3 is 5.97 Å². The molecule has 1 amide bonds. The zero-order chi connectivity index (χ0) is 24.3. The largest absolute Gasteiger partial charge is 0.449 e. The van der Waals surface area contributed by atoms with Crippen LogP contribution in [-0.4, -0.2) is 56.0 Å². The summed E-state index contributed by atoms with van der Waals surface area (Å²) < 4.78 is 38.6. The third kappa shape index (κ3) is 6.11. The summed E-state index contributed by atoms with van der Waals surface area (Å²) in [4.78, 5) is 24.8. The topological polar surface area (TPSA) is 102 Å². The summed E-state index contributed by atoms with van der Waals surface area (Å²) in [6.07, 6.45) is -1.65. The number of carbonyl (C=O) groups is 2. The van der Waals surface area contributed by atoms with Crippen molar-refractivity contribution in [2.75, 3.05) is 18.4 Å². The SMILES string of the molecule is Cc1ccc(NC(=O)C(C)OC(=O)c2ccc(Cl)c(S(=O)(=O)N3CC(C)OC(C)C3)c2)cc1. The first-order valence-electron chi connectivity index (χ1n) is 10.5. The molecule has 0 bridgehead atoms. The van der Waals surface area contributed by atoms with E-state index >= 15 is 0 Å². The Hall–Kier alpha value is -2.46. The number of hydrogen-bond donors (Lipinski definition) is 1. The van der Waals surface area contributed by atoms with Gasteiger partial charge in [0.15, 0.2) is 6.10 Å². The fourth-order valence-electron chi connectivity index (χ4n) is 3.46. The molecular formula is C23H27ClN2O6S. The van der Waals surface area contributed by atoms with Crippen molar-refractivity contribution in [1.29, 1.82) is 0 Å². The lowest BCUT2D eigenvalue weighted by Gasteiger charge is -2.34. The van der Waals surface area contributed by atoms with E-state index in [1.54, 1.807) is 26.0 Å². The Bertz CT molecular complexity index is 1130. The van der Waals surface area contributed by atoms with E-state index in [-0.39, 0.29) is 40.8 Å². The van der Waals surface area contributed by atoms with Gasteiger partial charge in [-0.1, -0.05) is 29.3 Å². The highest BCUT2D eigenvalue weighted by atomic mass is 35.5. The summed E-state index contributed by atoms with van der Waals surface area (Å²) in [5.74, 6) is -1.34. The summed E-state index contributed by atoms with van der Waals surface area (Å²) in [5, 5.41) is 2.66. The number of nitrogens with zero attached hydrogens (tertiary/aromatic N) is 1. The van der Waals surface area contributed by atoms with Crippen molar-refractivity contribution in [2.24, 2.45) is 0 Å². The number of hydrogen-bond acceptors (Lipinski definition) is 6. The number of benzene rings is 2. The Balaban J connectivity index is 1.74. The molecule has 2 aromatic carbocycles. The predicted molar refractivity (Wildman–Crippen MR) is 125 cm³/mol. The van der Waals surface area contributed by atoms with Crippen molar-refractivity contribution in [3.63, 3.8) is 0 Å². The van der Waals surface area contributed by atoms with Gasteiger partial charge in [-0.25, -0.2) is 13.2 Å². The number of aryl methyl sites for hydroxylation is 1. The number of sulfonamides is 1. The van der Waals surface area contributed by atoms with Gasteiger partial charge in [-0.2, -0.15) is 4.31 Å². The van der Waals surface area contributed by atoms with Crippen LogP contribution in [0, 0.1) is 6.92 Å². The normalized spacial score (nSPS) is 20.2. The lowest BCUT2D eigenvalue weighted by molar-refractivity contribution is -0.123. The van der Waals surface area contributed by atoms with Crippen LogP contribution in [0.3, 0.4) is 0 Å². The van der Waals surface area contributed by atoms with E-state index < -0.39 is 28.0 Å². The molecule has 1 aliphatic rings. The first-order valence-corrected chi connectivity index (χ1v) is 12.3. The quantitative estimate of drug-likeness (QED) is 0.615. The predicted octanol–water partition coefficient (Wildman–Crippen LogP) is 3.63. The smallest absolute Gasteiger partial charge is 0.338 e. The van der Waals surface area contributed by atoms with Crippen molar-refractivity contribution >= 4 is 39.2 Å². The van der Waals surface area contributed by atoms with E-state index in [2.05, 4.69) is 5.32 Å². The van der Waals surface area contributed by atoms with E-state index in [0.29, 0.717) is 5.69 Å². The van der Waals surface area contributed by atoms with Gasteiger partial charge in [0.25, 0.3) is 5.91 Å². The number of ether oxygens (including phenoxy) is 2. The van der Waals surface area contributed by atoms with Crippen molar-refractivity contribution in [3.8, 4) is 0 Å². The van der Waals surface area contributed by atoms with Crippen LogP contribution in [0.2, 0.25) is 5.02 Å². The molecule has 3 unspecified atom stereocenters. The van der Waals surface area contributed by atoms with Gasteiger partial charge < -0.3 is 14.8 Å². The van der Waals surface area contributed by atoms with Crippen molar-refractivity contribution in [2.45, 2.75) is 50.9 Å². The van der Waals surface area contributed by atoms with Crippen LogP contribution in [-0.2, 0) is 24.3 Å². The third-order valence-corrected chi connectivity index (χ3v) is 7.46. The zero-order valence-electron chi connectivity index (χ0n) is 18.9. The number of amides is 1. The number of morpholine rings is 1. The molecule has 3 atom stereocenters. The second-order valence-electron chi connectivity index (χ2n) is 8.13. The zero-order valence-corrected chi connectivity index (χ0v) is 20.4. The van der Waals surface area contributed by atoms with Crippen molar-refractivity contribution < 1.29 is 27.5 Å². The van der Waals surface area contributed by atoms with E-state index in [0.717, 1.165) is 5.56 Å². The molecule has 1 saturated heterocycles. The monoisotopic (exact) mass is 494 g/mol. The van der Waals surface area contributed by atoms with Crippen LogP contribution >= 0.6 is 11.6 Å². The van der Waals surface area contributed by atoms with Gasteiger partial charge in [-0.15, -0.1) is 0 Å². The maximum Gasteiger partial charge on any atom is 0.338 e. The minimum absolute atomic E-state index is 0.0106. The molecule has 33 heavy (non-hydrogen) atoms. The van der Waals surface area contributed by atoms with Crippen molar-refractivity contribution in [3.05, 3.63) is 58.6 Å². The second kappa shape index (κ2) is 10.2. The number of halogens is 1. The van der Waals surface area contributed by atoms with Gasteiger partial charge in [-0.05, 0) is 58.0 Å². The lowest BCUT2D eigenvalue weighted by atomic mass is 10.2. The minimum atomic E-state index is -3.97. The van der Waals surface area contributed by atoms with Crippen molar-refractivity contribution in [1.82, 2.24) is 4.31 Å². The molecule has 1 heterocycles. The third-order valence-electron chi connectivity index (χ3n) is 5.14. The van der Waals surface area contributed by atoms with Crippen LogP contribution in [0.5, 0.6) is 0 Å². The van der Waals surface area contributed by atoms with Gasteiger partial charge in [-0.3, -0.25) is 4.79 Å². The van der Waals surface area contributed by atoms with Crippen LogP contribution < -0.4 is 5.32 Å². The first kappa shape index (κ1) is 25.2. The fraction of sp³-hybridized carbons (Fsp3) is 0.391. The highest BCUT2D eigenvalue weighted by molar-refractivity contribution is 7.89. The molecule has 0 aromatic heterocycles. The highest BCUT2D eigenvalue weighted by Gasteiger charge is 2.34. The van der Waals surface area contributed by atoms with Gasteiger partial charge in [0.1, 0.15) is 4.90 Å². The molecule has 1 N–H and O–H groups in total. The Morgan fingerprint density at radius 1 is 1.12 bits per heavy atom. The van der Waals surface area contributed by atoms with Crippen LogP contribution in [0.15, 0.2) is 47.4 Å². The Kier molecular flexibility index (Phi) is 7.79. The van der Waals surface area contributed by atoms with E-state index in [9.17, 15) is 18.0 Å². The van der Waals surface area contributed by atoms with E-state index in [1.165, 1.54) is 29.4 Å². The maximum absolute atomic E-state index is 13.2. The molecule has 0 radical (unpaired) electrons. The average molecular weight is 495 g/mol. The molecule has 0 spiro atoms. The standard InChI is InChI=1S/C23H27ClN2O6S/c1-14-5-8-19(9-6-14)25-22(27)17(4)32-23(28)18-7-10-20(24)21(11-18)33(29,30)26-12-15(2)31-16(3)13-26/h5-11,15-17H,12-13H2,1-4H3,(H,25,27). The molecule has 3 rings (SSSR count). The number of nitrogens with one attached hydrogen (secondary N) is 1. The molecule has 0 saturated carbocycles. The highest BCUT2D eigenvalue weighted by Crippen LogP contribution is 2.28. The summed E-state index contributed by atoms with van der Waals surface area (Å²) >= 11 is 6.18. The van der Waals surface area contributed by atoms with Crippen LogP contribution in [0.25, 0.3) is 0 Å². The maximum atomic E-state index is 13.2. The molecular weight excluding hydrogens is 468 g/mol. The number of rotatable bonds is 6. The number of anilines is 1. The molecule has 2 aromatic rings. The summed E-state index contributed by atoms with van der Waals surface area (Å²) in [5.41, 5.74) is 1.59. The number of esters is 1. The van der Waals surface area contributed by atoms with E-state index in [4.69, 9.17) is 21.1 Å². The minimum Gasteiger partial charge on any atom is -0.449 e. The molecule has 1 fully saturated rings. The lowest BCUT2D eigenvalue weighted by Crippen LogP contribution is -2.48. The van der Waals surface area contributed by atoms with Crippen LogP contribution in [0.1, 0.15) is 36.7 Å². The number of carbonyl (C=O) groups excluding carboxylic acids is 2. The van der Waals surface area contributed by atoms with Gasteiger partial charge in [0, 0.05) is 18.8 Å². The molecule has 10 heteroatoms. The molecule has 1 aliphatic heterocycles. The summed E-state index contributed by atoms with van der Waals surface area (Å²) in [7, 11) is -3.97. The summed E-state index contributed by atoms with van der Waals surface area (Å²) in [6.45, 7) is 7.29. The Morgan fingerprint density at radius 3 is 2.33 bits per heavy atom.